The van der Waals surface area contributed by atoms with E-state index in [2.05, 4.69) is 31.2 Å². The number of carbonyl (C=O) groups excluding carboxylic acids is 1. The molecular weight excluding hydrogens is 284 g/mol. The summed E-state index contributed by atoms with van der Waals surface area (Å²) in [6.45, 7) is 0. The number of nitrogens with two attached hydrogens (primary N) is 1. The third-order valence-electron chi connectivity index (χ3n) is 3.72. The molecule has 2 saturated carbocycles. The average Bonchev–Trinajstić information content (AvgIpc) is 2.90. The normalized spacial score (nSPS) is 34.2. The molecule has 2 aliphatic carbocycles. The van der Waals surface area contributed by atoms with Crippen molar-refractivity contribution in [1.29, 1.82) is 0 Å². The van der Waals surface area contributed by atoms with Crippen molar-refractivity contribution in [2.45, 2.75) is 31.3 Å². The number of hydrogen-bond acceptors (Lipinski definition) is 4. The Hall–Kier alpha value is -1.01. The molecule has 90 valence electrons. The van der Waals surface area contributed by atoms with Crippen LogP contribution in [0, 0.1) is 5.41 Å². The summed E-state index contributed by atoms with van der Waals surface area (Å²) in [6, 6.07) is 0.586. The Morgan fingerprint density at radius 1 is 1.41 bits per heavy atom. The molecule has 0 saturated heterocycles. The van der Waals surface area contributed by atoms with E-state index in [1.165, 1.54) is 0 Å². The van der Waals surface area contributed by atoms with E-state index in [4.69, 9.17) is 5.73 Å². The maximum atomic E-state index is 11.8. The van der Waals surface area contributed by atoms with E-state index in [1.54, 1.807) is 12.4 Å². The number of nitrogens with one attached hydrogen (secondary N) is 1. The standard InChI is InChI=1S/C11H13BrN4O/c12-6-4-14-9(15-5-6)10(17)16-7-1-11(2-7)3-8(11)13/h4-5,7-8H,1-3,13H2,(H,16,17). The first-order chi connectivity index (χ1) is 8.09. The van der Waals surface area contributed by atoms with Gasteiger partial charge in [-0.3, -0.25) is 4.79 Å². The van der Waals surface area contributed by atoms with Crippen molar-refractivity contribution in [2.75, 3.05) is 0 Å². The third kappa shape index (κ3) is 1.95. The van der Waals surface area contributed by atoms with Crippen LogP contribution in [0.25, 0.3) is 0 Å². The Kier molecular flexibility index (Phi) is 2.45. The molecule has 1 atom stereocenters. The number of hydrogen-bond donors (Lipinski definition) is 2. The molecule has 1 aromatic rings. The van der Waals surface area contributed by atoms with Gasteiger partial charge in [0.1, 0.15) is 0 Å². The van der Waals surface area contributed by atoms with Crippen molar-refractivity contribution >= 4 is 21.8 Å². The average molecular weight is 297 g/mol. The van der Waals surface area contributed by atoms with Crippen LogP contribution in [0.15, 0.2) is 16.9 Å². The highest BCUT2D eigenvalue weighted by atomic mass is 79.9. The second-order valence-corrected chi connectivity index (χ2v) is 5.89. The molecule has 1 spiro atoms. The molecule has 6 heteroatoms. The summed E-state index contributed by atoms with van der Waals surface area (Å²) in [5.74, 6) is 0.0146. The van der Waals surface area contributed by atoms with Gasteiger partial charge in [-0.25, -0.2) is 9.97 Å². The lowest BCUT2D eigenvalue weighted by molar-refractivity contribution is 0.0863. The Morgan fingerprint density at radius 3 is 2.53 bits per heavy atom. The first-order valence-corrected chi connectivity index (χ1v) is 6.42. The van der Waals surface area contributed by atoms with Crippen LogP contribution in [-0.2, 0) is 0 Å². The minimum atomic E-state index is -0.202. The summed E-state index contributed by atoms with van der Waals surface area (Å²) < 4.78 is 0.764. The lowest BCUT2D eigenvalue weighted by atomic mass is 9.76. The Labute approximate surface area is 107 Å². The number of nitrogens with zero attached hydrogens (tertiary/aromatic N) is 2. The van der Waals surface area contributed by atoms with Gasteiger partial charge in [0.2, 0.25) is 5.82 Å². The van der Waals surface area contributed by atoms with Crippen LogP contribution in [0.1, 0.15) is 29.9 Å². The maximum Gasteiger partial charge on any atom is 0.289 e. The van der Waals surface area contributed by atoms with Crippen molar-refractivity contribution < 1.29 is 4.79 Å². The molecule has 3 rings (SSSR count). The van der Waals surface area contributed by atoms with Crippen LogP contribution in [0.4, 0.5) is 0 Å². The molecule has 2 aliphatic rings. The summed E-state index contributed by atoms with van der Waals surface area (Å²) >= 11 is 3.23. The minimum Gasteiger partial charge on any atom is -0.347 e. The van der Waals surface area contributed by atoms with Gasteiger partial charge in [-0.15, -0.1) is 0 Å². The highest BCUT2D eigenvalue weighted by Crippen LogP contribution is 2.59. The highest BCUT2D eigenvalue weighted by Gasteiger charge is 2.60. The smallest absolute Gasteiger partial charge is 0.289 e. The van der Waals surface area contributed by atoms with Gasteiger partial charge in [0, 0.05) is 24.5 Å². The lowest BCUT2D eigenvalue weighted by Crippen LogP contribution is -2.47. The fourth-order valence-electron chi connectivity index (χ4n) is 2.55. The molecule has 1 unspecified atom stereocenters. The van der Waals surface area contributed by atoms with Gasteiger partial charge in [0.15, 0.2) is 0 Å². The predicted molar refractivity (Wildman–Crippen MR) is 65.2 cm³/mol. The van der Waals surface area contributed by atoms with Gasteiger partial charge in [-0.1, -0.05) is 0 Å². The number of amides is 1. The van der Waals surface area contributed by atoms with E-state index < -0.39 is 0 Å². The van der Waals surface area contributed by atoms with E-state index in [1.807, 2.05) is 0 Å². The summed E-state index contributed by atoms with van der Waals surface area (Å²) in [4.78, 5) is 19.7. The van der Waals surface area contributed by atoms with Gasteiger partial charge >= 0.3 is 0 Å². The summed E-state index contributed by atoms with van der Waals surface area (Å²) in [5.41, 5.74) is 6.19. The molecule has 1 aromatic heterocycles. The maximum absolute atomic E-state index is 11.8. The molecule has 0 bridgehead atoms. The second kappa shape index (κ2) is 3.74. The van der Waals surface area contributed by atoms with E-state index in [9.17, 15) is 4.79 Å². The van der Waals surface area contributed by atoms with Crippen LogP contribution in [0.3, 0.4) is 0 Å². The predicted octanol–water partition coefficient (Wildman–Crippen LogP) is 0.849. The van der Waals surface area contributed by atoms with Gasteiger partial charge in [-0.2, -0.15) is 0 Å². The Morgan fingerprint density at radius 2 is 2.00 bits per heavy atom. The zero-order chi connectivity index (χ0) is 12.0. The molecule has 5 nitrogen and oxygen atoms in total. The first-order valence-electron chi connectivity index (χ1n) is 5.63. The molecule has 0 aliphatic heterocycles. The molecule has 3 N–H and O–H groups in total. The highest BCUT2D eigenvalue weighted by molar-refractivity contribution is 9.10. The van der Waals surface area contributed by atoms with E-state index >= 15 is 0 Å². The van der Waals surface area contributed by atoms with Crippen LogP contribution >= 0.6 is 15.9 Å². The Bertz CT molecular complexity index is 455. The lowest BCUT2D eigenvalue weighted by Gasteiger charge is -2.36. The van der Waals surface area contributed by atoms with E-state index in [0.717, 1.165) is 23.7 Å². The van der Waals surface area contributed by atoms with E-state index in [0.29, 0.717) is 11.5 Å². The second-order valence-electron chi connectivity index (χ2n) is 4.98. The van der Waals surface area contributed by atoms with Gasteiger partial charge in [0.25, 0.3) is 5.91 Å². The van der Waals surface area contributed by atoms with Gasteiger partial charge < -0.3 is 11.1 Å². The minimum absolute atomic E-state index is 0.202. The van der Waals surface area contributed by atoms with Crippen molar-refractivity contribution in [2.24, 2.45) is 11.1 Å². The Balaban J connectivity index is 1.56. The van der Waals surface area contributed by atoms with Crippen LogP contribution in [0.2, 0.25) is 0 Å². The summed E-state index contributed by atoms with van der Waals surface area (Å²) in [7, 11) is 0. The van der Waals surface area contributed by atoms with Crippen molar-refractivity contribution in [1.82, 2.24) is 15.3 Å². The van der Waals surface area contributed by atoms with Crippen LogP contribution < -0.4 is 11.1 Å². The van der Waals surface area contributed by atoms with Gasteiger partial charge in [-0.05, 0) is 40.6 Å². The first kappa shape index (κ1) is 11.1. The number of carbonyl (C=O) groups is 1. The summed E-state index contributed by atoms with van der Waals surface area (Å²) in [5, 5.41) is 2.93. The number of halogens is 1. The van der Waals surface area contributed by atoms with Gasteiger partial charge in [0.05, 0.1) is 4.47 Å². The largest absolute Gasteiger partial charge is 0.347 e. The number of rotatable bonds is 2. The molecular formula is C11H13BrN4O. The molecule has 2 fully saturated rings. The monoisotopic (exact) mass is 296 g/mol. The summed E-state index contributed by atoms with van der Waals surface area (Å²) in [6.07, 6.45) is 6.24. The molecule has 0 aromatic carbocycles. The van der Waals surface area contributed by atoms with Crippen molar-refractivity contribution in [3.05, 3.63) is 22.7 Å². The quantitative estimate of drug-likeness (QED) is 0.848. The SMILES string of the molecule is NC1CC12CC(NC(=O)c1ncc(Br)cn1)C2. The van der Waals surface area contributed by atoms with Crippen LogP contribution in [0.5, 0.6) is 0 Å². The third-order valence-corrected chi connectivity index (χ3v) is 4.13. The fraction of sp³-hybridized carbons (Fsp3) is 0.545. The van der Waals surface area contributed by atoms with Crippen LogP contribution in [-0.4, -0.2) is 28.0 Å². The zero-order valence-corrected chi connectivity index (χ0v) is 10.8. The fourth-order valence-corrected chi connectivity index (χ4v) is 2.76. The topological polar surface area (TPSA) is 80.9 Å². The van der Waals surface area contributed by atoms with E-state index in [-0.39, 0.29) is 17.8 Å². The van der Waals surface area contributed by atoms with Crippen molar-refractivity contribution in [3.8, 4) is 0 Å². The van der Waals surface area contributed by atoms with Crippen molar-refractivity contribution in [3.63, 3.8) is 0 Å². The zero-order valence-electron chi connectivity index (χ0n) is 9.19. The molecule has 0 radical (unpaired) electrons. The molecule has 1 amide bonds. The molecule has 17 heavy (non-hydrogen) atoms. The number of aromatic nitrogens is 2. The molecule has 1 heterocycles.